The molecule has 0 bridgehead atoms. The van der Waals surface area contributed by atoms with Crippen LogP contribution in [0, 0.1) is 5.92 Å². The van der Waals surface area contributed by atoms with Crippen molar-refractivity contribution >= 4 is 24.5 Å². The average Bonchev–Trinajstić information content (AvgIpc) is 2.52. The van der Waals surface area contributed by atoms with Crippen LogP contribution in [-0.4, -0.2) is 23.4 Å². The molecule has 22 heavy (non-hydrogen) atoms. The van der Waals surface area contributed by atoms with Crippen molar-refractivity contribution in [3.63, 3.8) is 0 Å². The molecule has 3 nitrogen and oxygen atoms in total. The summed E-state index contributed by atoms with van der Waals surface area (Å²) in [5.74, 6) is -0.730. The molecular formula is C18H22NO2P. The molecule has 2 aromatic carbocycles. The Morgan fingerprint density at radius 3 is 1.82 bits per heavy atom. The molecule has 0 saturated carbocycles. The van der Waals surface area contributed by atoms with Crippen molar-refractivity contribution in [3.05, 3.63) is 60.7 Å². The molecule has 0 spiro atoms. The van der Waals surface area contributed by atoms with Crippen molar-refractivity contribution in [1.82, 2.24) is 5.32 Å². The summed E-state index contributed by atoms with van der Waals surface area (Å²) >= 11 is 0. The summed E-state index contributed by atoms with van der Waals surface area (Å²) in [6.45, 7) is 3.86. The Hall–Kier alpha value is -1.70. The van der Waals surface area contributed by atoms with Gasteiger partial charge in [-0.25, -0.2) is 0 Å². The Kier molecular flexibility index (Phi) is 6.11. The molecule has 0 aromatic heterocycles. The lowest BCUT2D eigenvalue weighted by molar-refractivity contribution is -0.140. The summed E-state index contributed by atoms with van der Waals surface area (Å²) in [4.78, 5) is 11.4. The number of carbonyl (C=O) groups is 1. The highest BCUT2D eigenvalue weighted by Gasteiger charge is 2.23. The minimum atomic E-state index is -0.786. The van der Waals surface area contributed by atoms with Gasteiger partial charge in [0.2, 0.25) is 0 Å². The number of carboxylic acid groups (broad SMARTS) is 1. The van der Waals surface area contributed by atoms with E-state index in [4.69, 9.17) is 0 Å². The second-order valence-electron chi connectivity index (χ2n) is 5.52. The average molecular weight is 315 g/mol. The molecule has 0 saturated heterocycles. The monoisotopic (exact) mass is 315 g/mol. The number of hydrogen-bond acceptors (Lipinski definition) is 2. The van der Waals surface area contributed by atoms with Gasteiger partial charge in [-0.2, -0.15) is 0 Å². The lowest BCUT2D eigenvalue weighted by Gasteiger charge is -2.24. The van der Waals surface area contributed by atoms with Crippen molar-refractivity contribution in [2.45, 2.75) is 19.9 Å². The third kappa shape index (κ3) is 4.40. The van der Waals surface area contributed by atoms with E-state index in [2.05, 4.69) is 29.6 Å². The number of nitrogens with one attached hydrogen (secondary N) is 1. The van der Waals surface area contributed by atoms with Crippen molar-refractivity contribution < 1.29 is 9.90 Å². The van der Waals surface area contributed by atoms with Crippen LogP contribution in [0.25, 0.3) is 0 Å². The minimum absolute atomic E-state index is 0.0564. The highest BCUT2D eigenvalue weighted by Crippen LogP contribution is 2.32. The van der Waals surface area contributed by atoms with E-state index < -0.39 is 19.9 Å². The first-order valence-electron chi connectivity index (χ1n) is 7.43. The van der Waals surface area contributed by atoms with Gasteiger partial charge in [-0.3, -0.25) is 10.1 Å². The third-order valence-corrected chi connectivity index (χ3v) is 5.88. The lowest BCUT2D eigenvalue weighted by Crippen LogP contribution is -2.42. The highest BCUT2D eigenvalue weighted by atomic mass is 31.1. The predicted octanol–water partition coefficient (Wildman–Crippen LogP) is 2.78. The fourth-order valence-electron chi connectivity index (χ4n) is 2.35. The Labute approximate surface area is 133 Å². The molecule has 2 rings (SSSR count). The predicted molar refractivity (Wildman–Crippen MR) is 93.3 cm³/mol. The second-order valence-corrected chi connectivity index (χ2v) is 7.73. The van der Waals surface area contributed by atoms with Crippen LogP contribution in [0.5, 0.6) is 0 Å². The fraction of sp³-hybridized carbons (Fsp3) is 0.278. The van der Waals surface area contributed by atoms with E-state index >= 15 is 0 Å². The smallest absolute Gasteiger partial charge is 0.320 e. The molecule has 4 heteroatoms. The molecule has 0 aliphatic rings. The van der Waals surface area contributed by atoms with E-state index in [0.29, 0.717) is 6.29 Å². The maximum absolute atomic E-state index is 11.4. The summed E-state index contributed by atoms with van der Waals surface area (Å²) in [6, 6.07) is 20.1. The molecule has 1 unspecified atom stereocenters. The zero-order valence-electron chi connectivity index (χ0n) is 12.9. The Morgan fingerprint density at radius 1 is 1.00 bits per heavy atom. The molecule has 1 atom stereocenters. The van der Waals surface area contributed by atoms with Crippen LogP contribution < -0.4 is 15.9 Å². The Bertz CT molecular complexity index is 547. The van der Waals surface area contributed by atoms with Crippen molar-refractivity contribution in [1.29, 1.82) is 0 Å². The fourth-order valence-corrected chi connectivity index (χ4v) is 4.45. The zero-order chi connectivity index (χ0) is 15.9. The molecule has 2 N–H and O–H groups in total. The molecule has 0 aliphatic carbocycles. The maximum Gasteiger partial charge on any atom is 0.320 e. The first-order valence-corrected chi connectivity index (χ1v) is 8.96. The van der Waals surface area contributed by atoms with E-state index in [-0.39, 0.29) is 5.92 Å². The first-order chi connectivity index (χ1) is 10.6. The van der Waals surface area contributed by atoms with Crippen LogP contribution in [-0.2, 0) is 4.79 Å². The molecule has 0 heterocycles. The normalized spacial score (nSPS) is 12.5. The van der Waals surface area contributed by atoms with Gasteiger partial charge in [0, 0.05) is 6.29 Å². The van der Waals surface area contributed by atoms with Crippen molar-refractivity contribution in [3.8, 4) is 0 Å². The van der Waals surface area contributed by atoms with Gasteiger partial charge in [0.1, 0.15) is 6.04 Å². The van der Waals surface area contributed by atoms with Gasteiger partial charge in [0.05, 0.1) is 0 Å². The van der Waals surface area contributed by atoms with Gasteiger partial charge >= 0.3 is 5.97 Å². The summed E-state index contributed by atoms with van der Waals surface area (Å²) in [6.07, 6.45) is 0.665. The van der Waals surface area contributed by atoms with Gasteiger partial charge in [-0.1, -0.05) is 74.5 Å². The number of benzene rings is 2. The lowest BCUT2D eigenvalue weighted by atomic mass is 10.1. The topological polar surface area (TPSA) is 49.3 Å². The standard InChI is InChI=1S/C18H22NO2P/c1-14(2)17(18(20)21)19-13-22(15-9-5-3-6-10-15)16-11-7-4-8-12-16/h3-12,14,17,19H,13H2,1-2H3,(H,20,21). The van der Waals surface area contributed by atoms with Crippen LogP contribution in [0.3, 0.4) is 0 Å². The van der Waals surface area contributed by atoms with E-state index in [0.717, 1.165) is 0 Å². The van der Waals surface area contributed by atoms with Gasteiger partial charge in [-0.05, 0) is 24.4 Å². The van der Waals surface area contributed by atoms with Crippen LogP contribution in [0.15, 0.2) is 60.7 Å². The number of carboxylic acids is 1. The summed E-state index contributed by atoms with van der Waals surface area (Å²) < 4.78 is 0. The molecular weight excluding hydrogens is 293 g/mol. The molecule has 0 amide bonds. The number of hydrogen-bond donors (Lipinski definition) is 2. The SMILES string of the molecule is CC(C)C(NCP(c1ccccc1)c1ccccc1)C(=O)O. The minimum Gasteiger partial charge on any atom is -0.480 e. The Balaban J connectivity index is 2.21. The Morgan fingerprint density at radius 2 is 1.45 bits per heavy atom. The largest absolute Gasteiger partial charge is 0.480 e. The van der Waals surface area contributed by atoms with Crippen LogP contribution in [0.4, 0.5) is 0 Å². The third-order valence-electron chi connectivity index (χ3n) is 3.54. The van der Waals surface area contributed by atoms with E-state index in [1.165, 1.54) is 10.6 Å². The van der Waals surface area contributed by atoms with Crippen LogP contribution in [0.1, 0.15) is 13.8 Å². The van der Waals surface area contributed by atoms with Gasteiger partial charge in [0.15, 0.2) is 0 Å². The van der Waals surface area contributed by atoms with E-state index in [1.807, 2.05) is 50.2 Å². The quantitative estimate of drug-likeness (QED) is 0.773. The van der Waals surface area contributed by atoms with Gasteiger partial charge < -0.3 is 5.11 Å². The van der Waals surface area contributed by atoms with Crippen molar-refractivity contribution in [2.75, 3.05) is 6.29 Å². The summed E-state index contributed by atoms with van der Waals surface area (Å²) in [5.41, 5.74) is 0. The van der Waals surface area contributed by atoms with Crippen LogP contribution >= 0.6 is 7.92 Å². The molecule has 116 valence electrons. The zero-order valence-corrected chi connectivity index (χ0v) is 13.8. The van der Waals surface area contributed by atoms with Crippen LogP contribution in [0.2, 0.25) is 0 Å². The molecule has 2 aromatic rings. The first kappa shape index (κ1) is 16.7. The molecule has 0 aliphatic heterocycles. The summed E-state index contributed by atoms with van der Waals surface area (Å²) in [7, 11) is -0.607. The molecule has 0 radical (unpaired) electrons. The number of aliphatic carboxylic acids is 1. The summed E-state index contributed by atoms with van der Waals surface area (Å²) in [5, 5.41) is 15.1. The van der Waals surface area contributed by atoms with E-state index in [9.17, 15) is 9.90 Å². The van der Waals surface area contributed by atoms with E-state index in [1.54, 1.807) is 0 Å². The highest BCUT2D eigenvalue weighted by molar-refractivity contribution is 7.72. The second kappa shape index (κ2) is 8.07. The van der Waals surface area contributed by atoms with Crippen molar-refractivity contribution in [2.24, 2.45) is 5.92 Å². The maximum atomic E-state index is 11.4. The number of rotatable bonds is 7. The van der Waals surface area contributed by atoms with Gasteiger partial charge in [0.25, 0.3) is 0 Å². The molecule has 0 fully saturated rings. The van der Waals surface area contributed by atoms with Gasteiger partial charge in [-0.15, -0.1) is 0 Å².